The fourth-order valence-corrected chi connectivity index (χ4v) is 4.85. The zero-order chi connectivity index (χ0) is 17.4. The fraction of sp³-hybridized carbons (Fsp3) is 0.600. The topological polar surface area (TPSA) is 59.0 Å². The van der Waals surface area contributed by atoms with Gasteiger partial charge in [-0.2, -0.15) is 0 Å². The van der Waals surface area contributed by atoms with Crippen molar-refractivity contribution in [1.82, 2.24) is 20.2 Å². The largest absolute Gasteiger partial charge is 0.346 e. The van der Waals surface area contributed by atoms with Crippen LogP contribution in [0.15, 0.2) is 24.3 Å². The Bertz CT molecular complexity index is 783. The van der Waals surface area contributed by atoms with Gasteiger partial charge in [-0.3, -0.25) is 4.79 Å². The molecule has 2 aromatic rings. The van der Waals surface area contributed by atoms with Gasteiger partial charge in [-0.15, -0.1) is 0 Å². The van der Waals surface area contributed by atoms with E-state index < -0.39 is 0 Å². The summed E-state index contributed by atoms with van der Waals surface area (Å²) in [5.74, 6) is 1.65. The molecule has 1 amide bonds. The van der Waals surface area contributed by atoms with E-state index in [1.54, 1.807) is 0 Å². The Balaban J connectivity index is 1.60. The lowest BCUT2D eigenvalue weighted by Gasteiger charge is -2.37. The Morgan fingerprint density at radius 3 is 3.12 bits per heavy atom. The molecule has 0 bridgehead atoms. The van der Waals surface area contributed by atoms with Crippen LogP contribution in [0.1, 0.15) is 51.4 Å². The van der Waals surface area contributed by atoms with Crippen LogP contribution in [0.5, 0.6) is 0 Å². The first kappa shape index (κ1) is 16.6. The van der Waals surface area contributed by atoms with Crippen LogP contribution in [0.4, 0.5) is 0 Å². The minimum Gasteiger partial charge on any atom is -0.346 e. The van der Waals surface area contributed by atoms with Gasteiger partial charge >= 0.3 is 0 Å². The molecule has 1 unspecified atom stereocenters. The second-order valence-electron chi connectivity index (χ2n) is 7.63. The van der Waals surface area contributed by atoms with Crippen LogP contribution in [0.25, 0.3) is 11.0 Å². The first-order valence-electron chi connectivity index (χ1n) is 9.62. The molecule has 2 aliphatic rings. The summed E-state index contributed by atoms with van der Waals surface area (Å²) in [5, 5.41) is 6.76. The Hall–Kier alpha value is -1.88. The number of hydrogen-bond acceptors (Lipinski definition) is 3. The molecule has 2 fully saturated rings. The predicted molar refractivity (Wildman–Crippen MR) is 99.2 cm³/mol. The molecule has 1 aliphatic carbocycles. The molecule has 25 heavy (non-hydrogen) atoms. The number of nitrogens with zero attached hydrogens (tertiary/aromatic N) is 2. The standard InChI is InChI=1S/C20H28N4O/c1-3-24-17-10-5-4-9-16(17)23-18(24)14(2)22-19(25)20-11-7-6-8-15(20)12-21-13-20/h4-5,9-10,14-15,21H,3,6-8,11-13H2,1-2H3,(H,22,25)/t14?,15-,20+/m0/s1. The first-order valence-corrected chi connectivity index (χ1v) is 9.62. The van der Waals surface area contributed by atoms with Crippen LogP contribution in [-0.4, -0.2) is 28.5 Å². The van der Waals surface area contributed by atoms with E-state index in [1.807, 2.05) is 18.2 Å². The Morgan fingerprint density at radius 2 is 2.28 bits per heavy atom. The van der Waals surface area contributed by atoms with E-state index in [-0.39, 0.29) is 17.4 Å². The van der Waals surface area contributed by atoms with Crippen molar-refractivity contribution in [3.05, 3.63) is 30.1 Å². The van der Waals surface area contributed by atoms with Crippen LogP contribution >= 0.6 is 0 Å². The molecule has 1 aliphatic heterocycles. The zero-order valence-electron chi connectivity index (χ0n) is 15.2. The maximum Gasteiger partial charge on any atom is 0.228 e. The highest BCUT2D eigenvalue weighted by Crippen LogP contribution is 2.44. The molecule has 1 aromatic heterocycles. The van der Waals surface area contributed by atoms with Crippen LogP contribution in [0.3, 0.4) is 0 Å². The third-order valence-corrected chi connectivity index (χ3v) is 6.23. The molecule has 5 nitrogen and oxygen atoms in total. The molecule has 2 heterocycles. The smallest absolute Gasteiger partial charge is 0.228 e. The number of nitrogens with one attached hydrogen (secondary N) is 2. The summed E-state index contributed by atoms with van der Waals surface area (Å²) in [6, 6.07) is 8.10. The normalized spacial score (nSPS) is 27.2. The number of hydrogen-bond donors (Lipinski definition) is 2. The second-order valence-corrected chi connectivity index (χ2v) is 7.63. The van der Waals surface area contributed by atoms with E-state index in [9.17, 15) is 4.79 Å². The van der Waals surface area contributed by atoms with E-state index in [0.29, 0.717) is 5.92 Å². The molecule has 1 aromatic carbocycles. The number of fused-ring (bicyclic) bond motifs is 2. The van der Waals surface area contributed by atoms with Gasteiger partial charge in [0.25, 0.3) is 0 Å². The summed E-state index contributed by atoms with van der Waals surface area (Å²) in [6.07, 6.45) is 4.59. The molecular formula is C20H28N4O. The number of aryl methyl sites for hydroxylation is 1. The van der Waals surface area contributed by atoms with Gasteiger partial charge in [0.2, 0.25) is 5.91 Å². The van der Waals surface area contributed by atoms with Crippen molar-refractivity contribution in [3.63, 3.8) is 0 Å². The van der Waals surface area contributed by atoms with Gasteiger partial charge in [0.05, 0.1) is 22.5 Å². The minimum absolute atomic E-state index is 0.0857. The lowest BCUT2D eigenvalue weighted by atomic mass is 9.67. The van der Waals surface area contributed by atoms with Crippen molar-refractivity contribution in [3.8, 4) is 0 Å². The number of aromatic nitrogens is 2. The summed E-state index contributed by atoms with van der Waals surface area (Å²) < 4.78 is 2.21. The fourth-order valence-electron chi connectivity index (χ4n) is 4.85. The van der Waals surface area contributed by atoms with E-state index in [2.05, 4.69) is 35.1 Å². The van der Waals surface area contributed by atoms with E-state index in [1.165, 1.54) is 12.8 Å². The summed E-state index contributed by atoms with van der Waals surface area (Å²) in [5.41, 5.74) is 1.92. The Kier molecular flexibility index (Phi) is 4.28. The maximum absolute atomic E-state index is 13.2. The van der Waals surface area contributed by atoms with Crippen molar-refractivity contribution in [1.29, 1.82) is 0 Å². The number of carbonyl (C=O) groups is 1. The average Bonchev–Trinajstić information content (AvgIpc) is 3.23. The second kappa shape index (κ2) is 6.45. The highest BCUT2D eigenvalue weighted by molar-refractivity contribution is 5.84. The van der Waals surface area contributed by atoms with Crippen molar-refractivity contribution >= 4 is 16.9 Å². The lowest BCUT2D eigenvalue weighted by Crippen LogP contribution is -2.48. The highest BCUT2D eigenvalue weighted by atomic mass is 16.2. The van der Waals surface area contributed by atoms with Gasteiger partial charge in [-0.25, -0.2) is 4.98 Å². The van der Waals surface area contributed by atoms with Gasteiger partial charge in [-0.05, 0) is 51.3 Å². The monoisotopic (exact) mass is 340 g/mol. The minimum atomic E-state index is -0.213. The molecule has 1 saturated carbocycles. The molecule has 0 spiro atoms. The van der Waals surface area contributed by atoms with Crippen LogP contribution in [0, 0.1) is 11.3 Å². The first-order chi connectivity index (χ1) is 12.2. The molecule has 2 N–H and O–H groups in total. The maximum atomic E-state index is 13.2. The van der Waals surface area contributed by atoms with Crippen molar-refractivity contribution < 1.29 is 4.79 Å². The van der Waals surface area contributed by atoms with Crippen molar-refractivity contribution in [2.45, 2.75) is 52.1 Å². The number of imidazole rings is 1. The van der Waals surface area contributed by atoms with E-state index in [4.69, 9.17) is 4.98 Å². The number of para-hydroxylation sites is 2. The van der Waals surface area contributed by atoms with Gasteiger partial charge < -0.3 is 15.2 Å². The molecule has 0 radical (unpaired) electrons. The third kappa shape index (κ3) is 2.65. The van der Waals surface area contributed by atoms with E-state index in [0.717, 1.165) is 49.3 Å². The van der Waals surface area contributed by atoms with Crippen LogP contribution in [-0.2, 0) is 11.3 Å². The zero-order valence-corrected chi connectivity index (χ0v) is 15.2. The summed E-state index contributed by atoms with van der Waals surface area (Å²) in [6.45, 7) is 6.84. The Labute approximate surface area is 149 Å². The van der Waals surface area contributed by atoms with Crippen LogP contribution < -0.4 is 10.6 Å². The predicted octanol–water partition coefficient (Wildman–Crippen LogP) is 3.01. The van der Waals surface area contributed by atoms with E-state index >= 15 is 0 Å². The average molecular weight is 340 g/mol. The SMILES string of the molecule is CCn1c(C(C)NC(=O)[C@@]23CCCC[C@H]2CNC3)nc2ccccc21. The highest BCUT2D eigenvalue weighted by Gasteiger charge is 2.50. The molecule has 3 atom stereocenters. The van der Waals surface area contributed by atoms with Crippen LogP contribution in [0.2, 0.25) is 0 Å². The van der Waals surface area contributed by atoms with Gasteiger partial charge in [0.15, 0.2) is 0 Å². The van der Waals surface area contributed by atoms with Gasteiger partial charge in [0.1, 0.15) is 5.82 Å². The van der Waals surface area contributed by atoms with Crippen molar-refractivity contribution in [2.75, 3.05) is 13.1 Å². The third-order valence-electron chi connectivity index (χ3n) is 6.23. The van der Waals surface area contributed by atoms with Gasteiger partial charge in [-0.1, -0.05) is 25.0 Å². The summed E-state index contributed by atoms with van der Waals surface area (Å²) >= 11 is 0. The number of carbonyl (C=O) groups excluding carboxylic acids is 1. The number of benzene rings is 1. The Morgan fingerprint density at radius 1 is 1.44 bits per heavy atom. The quantitative estimate of drug-likeness (QED) is 0.899. The molecule has 4 rings (SSSR count). The molecule has 1 saturated heterocycles. The number of rotatable bonds is 4. The molecule has 134 valence electrons. The summed E-state index contributed by atoms with van der Waals surface area (Å²) in [7, 11) is 0. The molecular weight excluding hydrogens is 312 g/mol. The van der Waals surface area contributed by atoms with Gasteiger partial charge in [0, 0.05) is 13.1 Å². The van der Waals surface area contributed by atoms with Crippen molar-refractivity contribution in [2.24, 2.45) is 11.3 Å². The molecule has 5 heteroatoms. The number of amides is 1. The summed E-state index contributed by atoms with van der Waals surface area (Å²) in [4.78, 5) is 18.0. The lowest BCUT2D eigenvalue weighted by molar-refractivity contribution is -0.134.